The lowest BCUT2D eigenvalue weighted by Gasteiger charge is -2.44. The highest BCUT2D eigenvalue weighted by Gasteiger charge is 2.51. The summed E-state index contributed by atoms with van der Waals surface area (Å²) < 4.78 is 48.2. The smallest absolute Gasteiger partial charge is 0.376 e. The number of rotatable bonds is 2. The van der Waals surface area contributed by atoms with Crippen molar-refractivity contribution in [1.82, 2.24) is 4.90 Å². The topological polar surface area (TPSA) is 74.3 Å². The van der Waals surface area contributed by atoms with Crippen molar-refractivity contribution in [2.45, 2.75) is 51.2 Å². The molecule has 0 bridgehead atoms. The third kappa shape index (κ3) is 3.88. The molecule has 32 heavy (non-hydrogen) atoms. The average molecular weight is 493 g/mol. The van der Waals surface area contributed by atoms with Crippen LogP contribution in [0.5, 0.6) is 0 Å². The highest BCUT2D eigenvalue weighted by Crippen LogP contribution is 2.45. The van der Waals surface area contributed by atoms with Crippen LogP contribution in [0.1, 0.15) is 26.7 Å². The molecular formula is C21H25Cl2F3N4O2. The minimum Gasteiger partial charge on any atom is -0.376 e. The minimum atomic E-state index is -4.81. The number of piperidine rings is 1. The molecule has 3 N–H and O–H groups in total. The number of aliphatic hydroxyl groups excluding tert-OH is 1. The van der Waals surface area contributed by atoms with Gasteiger partial charge in [-0.3, -0.25) is 4.90 Å². The molecule has 3 aliphatic heterocycles. The number of hydrogen-bond acceptors (Lipinski definition) is 6. The van der Waals surface area contributed by atoms with Crippen LogP contribution in [-0.2, 0) is 4.74 Å². The van der Waals surface area contributed by atoms with E-state index in [-0.39, 0.29) is 45.0 Å². The van der Waals surface area contributed by atoms with Crippen molar-refractivity contribution in [1.29, 1.82) is 0 Å². The maximum absolute atomic E-state index is 14.2. The van der Waals surface area contributed by atoms with Crippen molar-refractivity contribution in [2.75, 3.05) is 24.6 Å². The molecular weight excluding hydrogens is 468 g/mol. The SMILES string of the molecule is CC1=NC(N2CCC3(CC2)CO[C@@H](C)[C@H]3N)=C(C(F)(F)F)C(O)N1c1cccc(Cl)c1Cl. The number of benzene rings is 1. The maximum Gasteiger partial charge on any atom is 0.420 e. The predicted molar refractivity (Wildman–Crippen MR) is 118 cm³/mol. The summed E-state index contributed by atoms with van der Waals surface area (Å²) in [7, 11) is 0. The van der Waals surface area contributed by atoms with E-state index in [4.69, 9.17) is 33.7 Å². The standard InChI is InChI=1S/C21H25Cl2F3N4O2/c1-11-17(27)20(10-32-11)6-8-29(9-7-20)18-15(21(24,25)26)19(31)30(12(2)28-18)14-5-3-4-13(22)16(14)23/h3-5,11,17,19,31H,6-10,27H2,1-2H3/t11-,17+,19?/m0/s1. The Morgan fingerprint density at radius 1 is 1.25 bits per heavy atom. The Morgan fingerprint density at radius 3 is 2.47 bits per heavy atom. The van der Waals surface area contributed by atoms with Crippen LogP contribution >= 0.6 is 23.2 Å². The molecule has 0 aromatic heterocycles. The van der Waals surface area contributed by atoms with Crippen molar-refractivity contribution in [2.24, 2.45) is 16.1 Å². The Morgan fingerprint density at radius 2 is 1.91 bits per heavy atom. The van der Waals surface area contributed by atoms with E-state index in [9.17, 15) is 18.3 Å². The van der Waals surface area contributed by atoms with Crippen LogP contribution in [0.25, 0.3) is 0 Å². The maximum atomic E-state index is 14.2. The van der Waals surface area contributed by atoms with E-state index < -0.39 is 18.0 Å². The van der Waals surface area contributed by atoms with Gasteiger partial charge in [-0.05, 0) is 38.8 Å². The van der Waals surface area contributed by atoms with Crippen LogP contribution in [0.2, 0.25) is 10.0 Å². The minimum absolute atomic E-state index is 0.0389. The number of aliphatic imine (C=N–C) groups is 1. The van der Waals surface area contributed by atoms with E-state index in [1.807, 2.05) is 6.92 Å². The molecule has 0 aliphatic carbocycles. The van der Waals surface area contributed by atoms with E-state index in [1.165, 1.54) is 19.1 Å². The molecule has 4 rings (SSSR count). The van der Waals surface area contributed by atoms with Crippen LogP contribution in [-0.4, -0.2) is 60.1 Å². The summed E-state index contributed by atoms with van der Waals surface area (Å²) in [6, 6.07) is 4.39. The number of amidine groups is 1. The molecule has 2 fully saturated rings. The molecule has 1 spiro atoms. The van der Waals surface area contributed by atoms with Crippen LogP contribution in [0, 0.1) is 5.41 Å². The average Bonchev–Trinajstić information content (AvgIpc) is 2.99. The second-order valence-corrected chi connectivity index (χ2v) is 9.39. The van der Waals surface area contributed by atoms with Gasteiger partial charge in [0.25, 0.3) is 0 Å². The van der Waals surface area contributed by atoms with Gasteiger partial charge in [0, 0.05) is 24.5 Å². The van der Waals surface area contributed by atoms with Gasteiger partial charge < -0.3 is 20.5 Å². The van der Waals surface area contributed by atoms with E-state index >= 15 is 0 Å². The Balaban J connectivity index is 1.68. The lowest BCUT2D eigenvalue weighted by molar-refractivity contribution is -0.108. The molecule has 1 aromatic rings. The van der Waals surface area contributed by atoms with Gasteiger partial charge in [0.05, 0.1) is 28.4 Å². The molecule has 3 aliphatic rings. The number of hydrogen-bond donors (Lipinski definition) is 2. The van der Waals surface area contributed by atoms with Crippen molar-refractivity contribution in [3.63, 3.8) is 0 Å². The zero-order valence-electron chi connectivity index (χ0n) is 17.7. The van der Waals surface area contributed by atoms with Crippen molar-refractivity contribution in [3.05, 3.63) is 39.6 Å². The van der Waals surface area contributed by atoms with E-state index in [0.717, 1.165) is 4.90 Å². The molecule has 2 saturated heterocycles. The number of likely N-dealkylation sites (tertiary alicyclic amines) is 1. The molecule has 1 unspecified atom stereocenters. The highest BCUT2D eigenvalue weighted by molar-refractivity contribution is 6.44. The fraction of sp³-hybridized carbons (Fsp3) is 0.571. The van der Waals surface area contributed by atoms with Gasteiger partial charge in [-0.1, -0.05) is 29.3 Å². The summed E-state index contributed by atoms with van der Waals surface area (Å²) in [6.45, 7) is 4.61. The summed E-state index contributed by atoms with van der Waals surface area (Å²) in [6.07, 6.45) is -5.74. The zero-order chi connectivity index (χ0) is 23.4. The molecule has 3 heterocycles. The summed E-state index contributed by atoms with van der Waals surface area (Å²) in [5, 5.41) is 11.1. The van der Waals surface area contributed by atoms with Gasteiger partial charge in [-0.15, -0.1) is 0 Å². The highest BCUT2D eigenvalue weighted by atomic mass is 35.5. The molecule has 1 aromatic carbocycles. The number of nitrogens with two attached hydrogens (primary N) is 1. The van der Waals surface area contributed by atoms with Crippen molar-refractivity contribution in [3.8, 4) is 0 Å². The summed E-state index contributed by atoms with van der Waals surface area (Å²) >= 11 is 12.3. The molecule has 11 heteroatoms. The fourth-order valence-electron chi connectivity index (χ4n) is 4.82. The molecule has 3 atom stereocenters. The Hall–Kier alpha value is -1.52. The first-order valence-corrected chi connectivity index (χ1v) is 11.1. The first kappa shape index (κ1) is 23.6. The largest absolute Gasteiger partial charge is 0.420 e. The normalized spacial score (nSPS) is 28.5. The molecule has 0 amide bonds. The summed E-state index contributed by atoms with van der Waals surface area (Å²) in [5.74, 6) is -0.0910. The van der Waals surface area contributed by atoms with Gasteiger partial charge in [0.15, 0.2) is 6.23 Å². The second kappa shape index (κ2) is 8.36. The Kier molecular flexibility index (Phi) is 6.17. The predicted octanol–water partition coefficient (Wildman–Crippen LogP) is 4.15. The third-order valence-corrected chi connectivity index (χ3v) is 7.57. The monoisotopic (exact) mass is 492 g/mol. The number of alkyl halides is 3. The molecule has 0 radical (unpaired) electrons. The first-order chi connectivity index (χ1) is 15.0. The second-order valence-electron chi connectivity index (χ2n) is 8.60. The van der Waals surface area contributed by atoms with Gasteiger partial charge >= 0.3 is 6.18 Å². The zero-order valence-corrected chi connectivity index (χ0v) is 19.2. The third-order valence-electron chi connectivity index (χ3n) is 6.76. The van der Waals surface area contributed by atoms with Crippen molar-refractivity contribution >= 4 is 34.7 Å². The Labute approximate surface area is 194 Å². The number of halogens is 5. The Bertz CT molecular complexity index is 961. The van der Waals surface area contributed by atoms with Gasteiger partial charge in [-0.2, -0.15) is 13.2 Å². The van der Waals surface area contributed by atoms with Crippen LogP contribution in [0.15, 0.2) is 34.6 Å². The lowest BCUT2D eigenvalue weighted by atomic mass is 9.73. The van der Waals surface area contributed by atoms with Gasteiger partial charge in [0.2, 0.25) is 0 Å². The van der Waals surface area contributed by atoms with E-state index in [2.05, 4.69) is 4.99 Å². The van der Waals surface area contributed by atoms with Crippen molar-refractivity contribution < 1.29 is 23.0 Å². The quantitative estimate of drug-likeness (QED) is 0.648. The molecule has 176 valence electrons. The van der Waals surface area contributed by atoms with Crippen LogP contribution < -0.4 is 10.6 Å². The van der Waals surface area contributed by atoms with E-state index in [1.54, 1.807) is 11.0 Å². The first-order valence-electron chi connectivity index (χ1n) is 10.4. The molecule has 6 nitrogen and oxygen atoms in total. The number of ether oxygens (including phenoxy) is 1. The van der Waals surface area contributed by atoms with E-state index in [0.29, 0.717) is 32.5 Å². The van der Waals surface area contributed by atoms with Gasteiger partial charge in [0.1, 0.15) is 17.2 Å². The summed E-state index contributed by atoms with van der Waals surface area (Å²) in [4.78, 5) is 6.91. The number of aliphatic hydroxyl groups is 1. The number of anilines is 1. The van der Waals surface area contributed by atoms with Crippen LogP contribution in [0.4, 0.5) is 18.9 Å². The number of nitrogens with zero attached hydrogens (tertiary/aromatic N) is 3. The lowest BCUT2D eigenvalue weighted by Crippen LogP contribution is -2.53. The summed E-state index contributed by atoms with van der Waals surface area (Å²) in [5.41, 5.74) is 5.10. The van der Waals surface area contributed by atoms with Crippen LogP contribution in [0.3, 0.4) is 0 Å². The molecule has 0 saturated carbocycles. The van der Waals surface area contributed by atoms with Gasteiger partial charge in [-0.25, -0.2) is 4.99 Å². The fourth-order valence-corrected chi connectivity index (χ4v) is 5.21.